The predicted molar refractivity (Wildman–Crippen MR) is 62.7 cm³/mol. The van der Waals surface area contributed by atoms with E-state index in [0.29, 0.717) is 5.69 Å². The van der Waals surface area contributed by atoms with E-state index in [9.17, 15) is 4.79 Å². The highest BCUT2D eigenvalue weighted by molar-refractivity contribution is 6.36. The van der Waals surface area contributed by atoms with Gasteiger partial charge in [-0.25, -0.2) is 0 Å². The highest BCUT2D eigenvalue weighted by atomic mass is 35.5. The summed E-state index contributed by atoms with van der Waals surface area (Å²) in [6, 6.07) is 5.81. The highest BCUT2D eigenvalue weighted by Crippen LogP contribution is 2.29. The van der Waals surface area contributed by atoms with Crippen LogP contribution in [0.5, 0.6) is 0 Å². The number of aromatic nitrogens is 1. The fourth-order valence-electron chi connectivity index (χ4n) is 1.82. The average molecular weight is 222 g/mol. The maximum Gasteiger partial charge on any atom is 0.176 e. The number of aryl methyl sites for hydroxylation is 2. The number of carbonyl (C=O) groups is 1. The molecule has 2 aromatic rings. The zero-order valence-corrected chi connectivity index (χ0v) is 9.72. The van der Waals surface area contributed by atoms with Gasteiger partial charge in [0.2, 0.25) is 0 Å². The van der Waals surface area contributed by atoms with E-state index in [1.807, 2.05) is 36.7 Å². The second-order valence-electron chi connectivity index (χ2n) is 3.77. The monoisotopic (exact) mass is 221 g/mol. The van der Waals surface area contributed by atoms with Crippen LogP contribution in [0.3, 0.4) is 0 Å². The second kappa shape index (κ2) is 3.38. The summed E-state index contributed by atoms with van der Waals surface area (Å²) < 4.78 is 1.88. The molecule has 0 saturated carbocycles. The maximum absolute atomic E-state index is 11.4. The number of rotatable bonds is 1. The van der Waals surface area contributed by atoms with E-state index < -0.39 is 0 Å². The lowest BCUT2D eigenvalue weighted by Crippen LogP contribution is -2.00. The van der Waals surface area contributed by atoms with Crippen molar-refractivity contribution in [2.75, 3.05) is 0 Å². The quantitative estimate of drug-likeness (QED) is 0.677. The SMILES string of the molecule is CC(=O)c1cc2c(Cl)c(C)ccc2n1C. The molecular weight excluding hydrogens is 210 g/mol. The molecule has 1 heterocycles. The van der Waals surface area contributed by atoms with Gasteiger partial charge < -0.3 is 4.57 Å². The lowest BCUT2D eigenvalue weighted by atomic mass is 10.2. The van der Waals surface area contributed by atoms with Crippen LogP contribution in [0.1, 0.15) is 23.0 Å². The average Bonchev–Trinajstić information content (AvgIpc) is 2.51. The summed E-state index contributed by atoms with van der Waals surface area (Å²) in [6.07, 6.45) is 0. The lowest BCUT2D eigenvalue weighted by molar-refractivity contribution is 0.101. The third-order valence-electron chi connectivity index (χ3n) is 2.71. The number of hydrogen-bond acceptors (Lipinski definition) is 1. The van der Waals surface area contributed by atoms with Crippen molar-refractivity contribution in [2.45, 2.75) is 13.8 Å². The van der Waals surface area contributed by atoms with Gasteiger partial charge in [0.15, 0.2) is 5.78 Å². The fourth-order valence-corrected chi connectivity index (χ4v) is 2.04. The Balaban J connectivity index is 2.88. The topological polar surface area (TPSA) is 22.0 Å². The Kier molecular flexibility index (Phi) is 2.31. The van der Waals surface area contributed by atoms with Crippen LogP contribution < -0.4 is 0 Å². The fraction of sp³-hybridized carbons (Fsp3) is 0.250. The first kappa shape index (κ1) is 10.2. The van der Waals surface area contributed by atoms with Gasteiger partial charge >= 0.3 is 0 Å². The van der Waals surface area contributed by atoms with E-state index in [-0.39, 0.29) is 5.78 Å². The summed E-state index contributed by atoms with van der Waals surface area (Å²) in [6.45, 7) is 3.52. The van der Waals surface area contributed by atoms with E-state index in [0.717, 1.165) is 21.5 Å². The van der Waals surface area contributed by atoms with Crippen molar-refractivity contribution in [3.63, 3.8) is 0 Å². The van der Waals surface area contributed by atoms with Crippen molar-refractivity contribution in [3.8, 4) is 0 Å². The number of carbonyl (C=O) groups excluding carboxylic acids is 1. The summed E-state index contributed by atoms with van der Waals surface area (Å²) in [5, 5.41) is 1.68. The van der Waals surface area contributed by atoms with Crippen LogP contribution in [-0.4, -0.2) is 10.4 Å². The Morgan fingerprint density at radius 1 is 1.40 bits per heavy atom. The molecule has 2 rings (SSSR count). The van der Waals surface area contributed by atoms with Gasteiger partial charge in [-0.05, 0) is 24.6 Å². The van der Waals surface area contributed by atoms with Gasteiger partial charge in [0, 0.05) is 24.9 Å². The molecule has 0 unspecified atom stereocenters. The molecule has 0 atom stereocenters. The summed E-state index contributed by atoms with van der Waals surface area (Å²) >= 11 is 6.19. The van der Waals surface area contributed by atoms with Gasteiger partial charge in [-0.1, -0.05) is 17.7 Å². The van der Waals surface area contributed by atoms with Gasteiger partial charge in [-0.15, -0.1) is 0 Å². The van der Waals surface area contributed by atoms with Crippen LogP contribution in [-0.2, 0) is 7.05 Å². The van der Waals surface area contributed by atoms with Gasteiger partial charge in [-0.3, -0.25) is 4.79 Å². The van der Waals surface area contributed by atoms with Gasteiger partial charge in [0.25, 0.3) is 0 Å². The number of nitrogens with zero attached hydrogens (tertiary/aromatic N) is 1. The Hall–Kier alpha value is -1.28. The standard InChI is InChI=1S/C12H12ClNO/c1-7-4-5-10-9(12(7)13)6-11(8(2)15)14(10)3/h4-6H,1-3H3. The smallest absolute Gasteiger partial charge is 0.176 e. The van der Waals surface area contributed by atoms with E-state index in [2.05, 4.69) is 0 Å². The molecule has 0 aliphatic carbocycles. The first-order chi connectivity index (χ1) is 7.02. The molecule has 0 aliphatic rings. The first-order valence-corrected chi connectivity index (χ1v) is 5.15. The van der Waals surface area contributed by atoms with E-state index in [1.165, 1.54) is 0 Å². The molecule has 0 bridgehead atoms. The molecular formula is C12H12ClNO. The number of ketones is 1. The Morgan fingerprint density at radius 2 is 2.07 bits per heavy atom. The normalized spacial score (nSPS) is 10.9. The zero-order chi connectivity index (χ0) is 11.2. The van der Waals surface area contributed by atoms with E-state index in [4.69, 9.17) is 11.6 Å². The molecule has 0 N–H and O–H groups in total. The summed E-state index contributed by atoms with van der Waals surface area (Å²) in [7, 11) is 1.88. The molecule has 1 aromatic heterocycles. The minimum Gasteiger partial charge on any atom is -0.341 e. The van der Waals surface area contributed by atoms with Crippen LogP contribution >= 0.6 is 11.6 Å². The third kappa shape index (κ3) is 1.45. The van der Waals surface area contributed by atoms with E-state index >= 15 is 0 Å². The molecule has 2 nitrogen and oxygen atoms in total. The van der Waals surface area contributed by atoms with Gasteiger partial charge in [0.1, 0.15) is 0 Å². The van der Waals surface area contributed by atoms with Gasteiger partial charge in [-0.2, -0.15) is 0 Å². The number of halogens is 1. The van der Waals surface area contributed by atoms with E-state index in [1.54, 1.807) is 6.92 Å². The van der Waals surface area contributed by atoms with Crippen LogP contribution in [0, 0.1) is 6.92 Å². The Bertz CT molecular complexity index is 554. The molecule has 0 spiro atoms. The first-order valence-electron chi connectivity index (χ1n) is 4.78. The van der Waals surface area contributed by atoms with Crippen molar-refractivity contribution in [1.82, 2.24) is 4.57 Å². The van der Waals surface area contributed by atoms with Gasteiger partial charge in [0.05, 0.1) is 10.7 Å². The summed E-state index contributed by atoms with van der Waals surface area (Å²) in [5.41, 5.74) is 2.72. The van der Waals surface area contributed by atoms with Crippen molar-refractivity contribution >= 4 is 28.3 Å². The molecule has 1 aromatic carbocycles. The second-order valence-corrected chi connectivity index (χ2v) is 4.15. The van der Waals surface area contributed by atoms with Crippen molar-refractivity contribution in [2.24, 2.45) is 7.05 Å². The van der Waals surface area contributed by atoms with Crippen LogP contribution in [0.15, 0.2) is 18.2 Å². The van der Waals surface area contributed by atoms with Crippen LogP contribution in [0.4, 0.5) is 0 Å². The number of Topliss-reactive ketones (excluding diaryl/α,β-unsaturated/α-hetero) is 1. The minimum atomic E-state index is 0.0578. The molecule has 0 aliphatic heterocycles. The molecule has 0 fully saturated rings. The van der Waals surface area contributed by atoms with Crippen LogP contribution in [0.25, 0.3) is 10.9 Å². The molecule has 3 heteroatoms. The maximum atomic E-state index is 11.4. The number of benzene rings is 1. The zero-order valence-electron chi connectivity index (χ0n) is 8.97. The third-order valence-corrected chi connectivity index (χ3v) is 3.22. The summed E-state index contributed by atoms with van der Waals surface area (Å²) in [4.78, 5) is 11.4. The molecule has 0 radical (unpaired) electrons. The predicted octanol–water partition coefficient (Wildman–Crippen LogP) is 3.34. The van der Waals surface area contributed by atoms with Crippen molar-refractivity contribution < 1.29 is 4.79 Å². The number of hydrogen-bond donors (Lipinski definition) is 0. The summed E-state index contributed by atoms with van der Waals surface area (Å²) in [5.74, 6) is 0.0578. The molecule has 0 saturated heterocycles. The van der Waals surface area contributed by atoms with Crippen molar-refractivity contribution in [3.05, 3.63) is 34.5 Å². The molecule has 0 amide bonds. The Labute approximate surface area is 93.5 Å². The number of fused-ring (bicyclic) bond motifs is 1. The molecule has 78 valence electrons. The molecule has 15 heavy (non-hydrogen) atoms. The van der Waals surface area contributed by atoms with Crippen LogP contribution in [0.2, 0.25) is 5.02 Å². The lowest BCUT2D eigenvalue weighted by Gasteiger charge is -2.01. The minimum absolute atomic E-state index is 0.0578. The highest BCUT2D eigenvalue weighted by Gasteiger charge is 2.12. The Morgan fingerprint density at radius 3 is 2.67 bits per heavy atom. The van der Waals surface area contributed by atoms with Crippen molar-refractivity contribution in [1.29, 1.82) is 0 Å². The largest absolute Gasteiger partial charge is 0.341 e.